The third-order valence-electron chi connectivity index (χ3n) is 3.49. The van der Waals surface area contributed by atoms with Crippen molar-refractivity contribution in [2.24, 2.45) is 5.10 Å². The van der Waals surface area contributed by atoms with Crippen LogP contribution in [0.15, 0.2) is 35.4 Å². The minimum absolute atomic E-state index is 0.611. The Morgan fingerprint density at radius 1 is 1.26 bits per heavy atom. The Balaban J connectivity index is 1.82. The monoisotopic (exact) mass is 275 g/mol. The molecule has 4 heteroatoms. The van der Waals surface area contributed by atoms with Gasteiger partial charge in [-0.15, -0.1) is 0 Å². The van der Waals surface area contributed by atoms with Crippen molar-refractivity contribution in [2.45, 2.75) is 38.5 Å². The van der Waals surface area contributed by atoms with E-state index in [-0.39, 0.29) is 0 Å². The third kappa shape index (κ3) is 4.31. The number of benzene rings is 1. The van der Waals surface area contributed by atoms with Gasteiger partial charge in [0.1, 0.15) is 0 Å². The molecule has 1 fully saturated rings. The second-order valence-corrected chi connectivity index (χ2v) is 5.24. The molecular weight excluding hydrogens is 254 g/mol. The van der Waals surface area contributed by atoms with Crippen molar-refractivity contribution in [1.29, 1.82) is 0 Å². The summed E-state index contributed by atoms with van der Waals surface area (Å²) in [5, 5.41) is 8.04. The predicted octanol–water partition coefficient (Wildman–Crippen LogP) is 3.18. The Kier molecular flexibility index (Phi) is 5.33. The van der Waals surface area contributed by atoms with Gasteiger partial charge in [0.25, 0.3) is 0 Å². The van der Waals surface area contributed by atoms with E-state index in [9.17, 15) is 0 Å². The summed E-state index contributed by atoms with van der Waals surface area (Å²) in [6.07, 6.45) is 4.47. The molecule has 0 heterocycles. The predicted molar refractivity (Wildman–Crippen MR) is 84.5 cm³/mol. The number of hydrogen-bond acceptors (Lipinski definition) is 2. The fraction of sp³-hybridized carbons (Fsp3) is 0.467. The molecule has 2 rings (SSSR count). The van der Waals surface area contributed by atoms with Crippen molar-refractivity contribution in [3.05, 3.63) is 35.9 Å². The third-order valence-corrected chi connectivity index (χ3v) is 3.72. The minimum Gasteiger partial charge on any atom is -0.362 e. The molecule has 0 saturated heterocycles. The van der Waals surface area contributed by atoms with Crippen LogP contribution in [0.25, 0.3) is 0 Å². The summed E-state index contributed by atoms with van der Waals surface area (Å²) in [6.45, 7) is 2.85. The molecule has 0 aliphatic heterocycles. The van der Waals surface area contributed by atoms with Crippen LogP contribution in [0.2, 0.25) is 0 Å². The Morgan fingerprint density at radius 3 is 2.58 bits per heavy atom. The van der Waals surface area contributed by atoms with Crippen molar-refractivity contribution in [3.8, 4) is 0 Å². The summed E-state index contributed by atoms with van der Waals surface area (Å²) >= 11 is 5.09. The molecule has 0 unspecified atom stereocenters. The van der Waals surface area contributed by atoms with E-state index in [2.05, 4.69) is 46.2 Å². The van der Waals surface area contributed by atoms with Gasteiger partial charge >= 0.3 is 0 Å². The Labute approximate surface area is 120 Å². The molecule has 0 radical (unpaired) electrons. The molecule has 0 bridgehead atoms. The zero-order chi connectivity index (χ0) is 13.5. The molecule has 1 aromatic rings. The van der Waals surface area contributed by atoms with Crippen LogP contribution in [0.1, 0.15) is 44.1 Å². The first kappa shape index (κ1) is 14.0. The Morgan fingerprint density at radius 2 is 1.95 bits per heavy atom. The molecule has 1 aromatic carbocycles. The highest BCUT2D eigenvalue weighted by atomic mass is 32.1. The zero-order valence-electron chi connectivity index (χ0n) is 11.4. The number of nitrogens with zero attached hydrogens (tertiary/aromatic N) is 1. The van der Waals surface area contributed by atoms with E-state index in [1.54, 1.807) is 0 Å². The number of thiocarbonyl (C=S) groups is 1. The van der Waals surface area contributed by atoms with E-state index < -0.39 is 0 Å². The molecule has 1 saturated carbocycles. The SMILES string of the molecule is CCNC(=S)NN=C1CCC(c2ccccc2)CC1. The minimum atomic E-state index is 0.611. The van der Waals surface area contributed by atoms with Crippen LogP contribution in [-0.4, -0.2) is 17.4 Å². The topological polar surface area (TPSA) is 36.4 Å². The summed E-state index contributed by atoms with van der Waals surface area (Å²) < 4.78 is 0. The van der Waals surface area contributed by atoms with Crippen LogP contribution in [0.5, 0.6) is 0 Å². The van der Waals surface area contributed by atoms with Crippen LogP contribution in [-0.2, 0) is 0 Å². The van der Waals surface area contributed by atoms with E-state index >= 15 is 0 Å². The second-order valence-electron chi connectivity index (χ2n) is 4.83. The molecule has 3 nitrogen and oxygen atoms in total. The quantitative estimate of drug-likeness (QED) is 0.657. The lowest BCUT2D eigenvalue weighted by atomic mass is 9.83. The van der Waals surface area contributed by atoms with Gasteiger partial charge in [0.2, 0.25) is 0 Å². The van der Waals surface area contributed by atoms with E-state index in [1.165, 1.54) is 24.1 Å². The van der Waals surface area contributed by atoms with Gasteiger partial charge in [-0.1, -0.05) is 30.3 Å². The van der Waals surface area contributed by atoms with E-state index in [1.807, 2.05) is 6.92 Å². The lowest BCUT2D eigenvalue weighted by Crippen LogP contribution is -2.32. The lowest BCUT2D eigenvalue weighted by Gasteiger charge is -2.23. The first-order valence-corrected chi connectivity index (χ1v) is 7.34. The molecule has 0 aromatic heterocycles. The Bertz CT molecular complexity index is 432. The van der Waals surface area contributed by atoms with Crippen molar-refractivity contribution in [2.75, 3.05) is 6.54 Å². The van der Waals surface area contributed by atoms with Crippen molar-refractivity contribution in [3.63, 3.8) is 0 Å². The van der Waals surface area contributed by atoms with Gasteiger partial charge in [-0.2, -0.15) is 5.10 Å². The highest BCUT2D eigenvalue weighted by Gasteiger charge is 2.18. The summed E-state index contributed by atoms with van der Waals surface area (Å²) in [7, 11) is 0. The van der Waals surface area contributed by atoms with E-state index in [0.29, 0.717) is 11.0 Å². The van der Waals surface area contributed by atoms with Gasteiger partial charge in [0.05, 0.1) is 0 Å². The average Bonchev–Trinajstić information content (AvgIpc) is 2.47. The molecular formula is C15H21N3S. The highest BCUT2D eigenvalue weighted by Crippen LogP contribution is 2.31. The van der Waals surface area contributed by atoms with Crippen LogP contribution in [0, 0.1) is 0 Å². The number of rotatable bonds is 3. The number of nitrogens with one attached hydrogen (secondary N) is 2. The fourth-order valence-electron chi connectivity index (χ4n) is 2.45. The van der Waals surface area contributed by atoms with Crippen molar-refractivity contribution in [1.82, 2.24) is 10.7 Å². The van der Waals surface area contributed by atoms with Gasteiger partial charge in [0, 0.05) is 12.3 Å². The number of hydrogen-bond donors (Lipinski definition) is 2. The van der Waals surface area contributed by atoms with Gasteiger partial charge in [-0.25, -0.2) is 0 Å². The highest BCUT2D eigenvalue weighted by molar-refractivity contribution is 7.80. The van der Waals surface area contributed by atoms with Gasteiger partial charge in [-0.3, -0.25) is 5.43 Å². The first-order valence-electron chi connectivity index (χ1n) is 6.93. The maximum atomic E-state index is 5.09. The van der Waals surface area contributed by atoms with Crippen molar-refractivity contribution < 1.29 is 0 Å². The van der Waals surface area contributed by atoms with Crippen LogP contribution in [0.3, 0.4) is 0 Å². The van der Waals surface area contributed by atoms with Crippen molar-refractivity contribution >= 4 is 23.0 Å². The summed E-state index contributed by atoms with van der Waals surface area (Å²) in [4.78, 5) is 0. The molecule has 19 heavy (non-hydrogen) atoms. The van der Waals surface area contributed by atoms with E-state index in [0.717, 1.165) is 19.4 Å². The molecule has 0 spiro atoms. The summed E-state index contributed by atoms with van der Waals surface area (Å²) in [5.74, 6) is 0.681. The zero-order valence-corrected chi connectivity index (χ0v) is 12.2. The van der Waals surface area contributed by atoms with Crippen LogP contribution < -0.4 is 10.7 Å². The maximum Gasteiger partial charge on any atom is 0.186 e. The van der Waals surface area contributed by atoms with Gasteiger partial charge in [0.15, 0.2) is 5.11 Å². The number of hydrazone groups is 1. The smallest absolute Gasteiger partial charge is 0.186 e. The average molecular weight is 275 g/mol. The van der Waals surface area contributed by atoms with Crippen LogP contribution in [0.4, 0.5) is 0 Å². The summed E-state index contributed by atoms with van der Waals surface area (Å²) in [5.41, 5.74) is 5.60. The van der Waals surface area contributed by atoms with Gasteiger partial charge in [-0.05, 0) is 56.3 Å². The fourth-order valence-corrected chi connectivity index (χ4v) is 2.64. The van der Waals surface area contributed by atoms with Crippen LogP contribution >= 0.6 is 12.2 Å². The molecule has 0 amide bonds. The first-order chi connectivity index (χ1) is 9.29. The molecule has 2 N–H and O–H groups in total. The maximum absolute atomic E-state index is 5.09. The summed E-state index contributed by atoms with van der Waals surface area (Å²) in [6, 6.07) is 10.8. The largest absolute Gasteiger partial charge is 0.362 e. The normalized spacial score (nSPS) is 18.8. The molecule has 102 valence electrons. The lowest BCUT2D eigenvalue weighted by molar-refractivity contribution is 0.564. The van der Waals surface area contributed by atoms with E-state index in [4.69, 9.17) is 12.2 Å². The Hall–Kier alpha value is -1.42. The molecule has 1 aliphatic rings. The standard InChI is InChI=1S/C15H21N3S/c1-2-16-15(19)18-17-14-10-8-13(9-11-14)12-6-4-3-5-7-12/h3-7,13H,2,8-11H2,1H3,(H2,16,18,19). The molecule has 0 atom stereocenters. The van der Waals surface area contributed by atoms with Gasteiger partial charge < -0.3 is 5.32 Å². The second kappa shape index (κ2) is 7.24. The molecule has 1 aliphatic carbocycles.